The number of rotatable bonds is 6. The number of likely N-dealkylation sites (tertiary alicyclic amines) is 1. The van der Waals surface area contributed by atoms with E-state index in [9.17, 15) is 9.59 Å². The lowest BCUT2D eigenvalue weighted by molar-refractivity contribution is -0.132. The number of nitrogens with zero attached hydrogens (tertiary/aromatic N) is 3. The number of hydrogen-bond acceptors (Lipinski definition) is 6. The van der Waals surface area contributed by atoms with Crippen LogP contribution in [0.2, 0.25) is 0 Å². The first-order valence-corrected chi connectivity index (χ1v) is 8.29. The zero-order valence-electron chi connectivity index (χ0n) is 14.7. The van der Waals surface area contributed by atoms with Crippen molar-refractivity contribution < 1.29 is 9.53 Å². The van der Waals surface area contributed by atoms with Gasteiger partial charge in [-0.1, -0.05) is 6.58 Å². The third-order valence-electron chi connectivity index (χ3n) is 4.54. The molecule has 26 heavy (non-hydrogen) atoms. The van der Waals surface area contributed by atoms with Crippen molar-refractivity contribution in [3.8, 4) is 17.1 Å². The summed E-state index contributed by atoms with van der Waals surface area (Å²) in [5.74, 6) is 0.664. The number of aromatic nitrogens is 3. The number of amides is 1. The third-order valence-corrected chi connectivity index (χ3v) is 4.54. The fraction of sp³-hybridized carbons (Fsp3) is 0.333. The van der Waals surface area contributed by atoms with Crippen molar-refractivity contribution in [3.63, 3.8) is 0 Å². The highest BCUT2D eigenvalue weighted by Crippen LogP contribution is 2.24. The average molecular weight is 355 g/mol. The van der Waals surface area contributed by atoms with E-state index in [0.717, 1.165) is 5.56 Å². The molecular formula is C18H21N5O3. The summed E-state index contributed by atoms with van der Waals surface area (Å²) in [4.78, 5) is 36.3. The topological polar surface area (TPSA) is 100 Å². The molecule has 3 heterocycles. The van der Waals surface area contributed by atoms with Gasteiger partial charge in [-0.25, -0.2) is 9.97 Å². The maximum atomic E-state index is 12.2. The summed E-state index contributed by atoms with van der Waals surface area (Å²) in [6, 6.07) is 3.49. The van der Waals surface area contributed by atoms with Crippen molar-refractivity contribution in [2.24, 2.45) is 5.92 Å². The summed E-state index contributed by atoms with van der Waals surface area (Å²) in [5.41, 5.74) is 1.65. The van der Waals surface area contributed by atoms with Gasteiger partial charge in [0.15, 0.2) is 0 Å². The van der Waals surface area contributed by atoms with Gasteiger partial charge in [-0.15, -0.1) is 0 Å². The van der Waals surface area contributed by atoms with Gasteiger partial charge in [0, 0.05) is 42.9 Å². The van der Waals surface area contributed by atoms with Gasteiger partial charge in [0.2, 0.25) is 11.8 Å². The molecule has 0 saturated carbocycles. The Bertz CT molecular complexity index is 873. The predicted molar refractivity (Wildman–Crippen MR) is 98.0 cm³/mol. The number of carbonyl (C=O) groups is 1. The molecule has 2 aromatic rings. The van der Waals surface area contributed by atoms with E-state index in [1.54, 1.807) is 23.2 Å². The normalized spacial score (nSPS) is 15.1. The van der Waals surface area contributed by atoms with Crippen molar-refractivity contribution in [3.05, 3.63) is 47.7 Å². The Kier molecular flexibility index (Phi) is 5.01. The van der Waals surface area contributed by atoms with E-state index in [0.29, 0.717) is 30.4 Å². The average Bonchev–Trinajstić information content (AvgIpc) is 2.62. The van der Waals surface area contributed by atoms with Gasteiger partial charge in [-0.3, -0.25) is 9.59 Å². The first-order valence-electron chi connectivity index (χ1n) is 8.29. The fourth-order valence-corrected chi connectivity index (χ4v) is 2.85. The van der Waals surface area contributed by atoms with Gasteiger partial charge < -0.3 is 19.9 Å². The summed E-state index contributed by atoms with van der Waals surface area (Å²) in [5, 5.41) is 3.25. The molecule has 1 unspecified atom stereocenters. The third kappa shape index (κ3) is 3.58. The number of ether oxygens (including phenoxy) is 1. The highest BCUT2D eigenvalue weighted by Gasteiger charge is 2.33. The van der Waals surface area contributed by atoms with Crippen LogP contribution in [0.3, 0.4) is 0 Å². The van der Waals surface area contributed by atoms with E-state index in [1.807, 2.05) is 6.92 Å². The van der Waals surface area contributed by atoms with Crippen LogP contribution in [0.25, 0.3) is 11.3 Å². The summed E-state index contributed by atoms with van der Waals surface area (Å²) in [7, 11) is 1.53. The molecule has 0 bridgehead atoms. The van der Waals surface area contributed by atoms with Crippen LogP contribution in [-0.4, -0.2) is 52.0 Å². The van der Waals surface area contributed by atoms with Crippen molar-refractivity contribution in [2.75, 3.05) is 25.5 Å². The molecule has 1 fully saturated rings. The summed E-state index contributed by atoms with van der Waals surface area (Å²) in [6.45, 7) is 6.80. The number of aromatic amines is 1. The van der Waals surface area contributed by atoms with E-state index in [1.165, 1.54) is 19.5 Å². The first-order chi connectivity index (χ1) is 12.5. The number of carbonyl (C=O) groups excluding carboxylic acids is 1. The van der Waals surface area contributed by atoms with E-state index in [-0.39, 0.29) is 23.4 Å². The Labute approximate surface area is 150 Å². The van der Waals surface area contributed by atoms with E-state index in [2.05, 4.69) is 26.8 Å². The molecule has 1 aliphatic heterocycles. The Balaban J connectivity index is 1.73. The van der Waals surface area contributed by atoms with Crippen molar-refractivity contribution in [1.82, 2.24) is 19.9 Å². The number of nitrogens with one attached hydrogen (secondary N) is 2. The van der Waals surface area contributed by atoms with Gasteiger partial charge in [-0.05, 0) is 19.1 Å². The number of anilines is 1. The summed E-state index contributed by atoms with van der Waals surface area (Å²) < 4.78 is 5.11. The molecule has 0 aliphatic carbocycles. The second kappa shape index (κ2) is 7.38. The SMILES string of the molecule is C=CC(=O)N1CC(C(C)Nc2cc(-c3cc(OC)ncn3)c[nH]c2=O)C1. The number of H-pyrrole nitrogens is 1. The lowest BCUT2D eigenvalue weighted by atomic mass is 9.92. The lowest BCUT2D eigenvalue weighted by Crippen LogP contribution is -2.55. The van der Waals surface area contributed by atoms with Crippen LogP contribution in [0.1, 0.15) is 6.92 Å². The van der Waals surface area contributed by atoms with Crippen LogP contribution in [0.5, 0.6) is 5.88 Å². The van der Waals surface area contributed by atoms with Crippen LogP contribution < -0.4 is 15.6 Å². The Hall–Kier alpha value is -3.16. The monoisotopic (exact) mass is 355 g/mol. The molecule has 8 nitrogen and oxygen atoms in total. The van der Waals surface area contributed by atoms with Crippen molar-refractivity contribution in [1.29, 1.82) is 0 Å². The van der Waals surface area contributed by atoms with Gasteiger partial charge in [0.1, 0.15) is 12.0 Å². The van der Waals surface area contributed by atoms with Gasteiger partial charge in [0.25, 0.3) is 5.56 Å². The molecule has 1 amide bonds. The van der Waals surface area contributed by atoms with Gasteiger partial charge in [0.05, 0.1) is 12.8 Å². The van der Waals surface area contributed by atoms with Gasteiger partial charge in [-0.2, -0.15) is 0 Å². The molecule has 0 aromatic carbocycles. The molecule has 136 valence electrons. The van der Waals surface area contributed by atoms with Crippen LogP contribution in [0.15, 0.2) is 42.1 Å². The Morgan fingerprint density at radius 2 is 2.23 bits per heavy atom. The molecule has 8 heteroatoms. The smallest absolute Gasteiger partial charge is 0.271 e. The second-order valence-corrected chi connectivity index (χ2v) is 6.22. The Morgan fingerprint density at radius 3 is 2.92 bits per heavy atom. The fourth-order valence-electron chi connectivity index (χ4n) is 2.85. The van der Waals surface area contributed by atoms with Gasteiger partial charge >= 0.3 is 0 Å². The standard InChI is InChI=1S/C18H21N5O3/c1-4-17(24)23-8-13(9-23)11(2)22-15-5-12(7-19-18(15)25)14-6-16(26-3)21-10-20-14/h4-7,10-11,13,22H,1,8-9H2,2-3H3,(H,19,25). The molecule has 2 aromatic heterocycles. The molecule has 1 aliphatic rings. The Morgan fingerprint density at radius 1 is 1.46 bits per heavy atom. The van der Waals surface area contributed by atoms with Crippen LogP contribution in [0.4, 0.5) is 5.69 Å². The molecule has 1 saturated heterocycles. The lowest BCUT2D eigenvalue weighted by Gasteiger charge is -2.42. The predicted octanol–water partition coefficient (Wildman–Crippen LogP) is 1.29. The minimum atomic E-state index is -0.208. The van der Waals surface area contributed by atoms with E-state index in [4.69, 9.17) is 4.74 Å². The molecule has 0 spiro atoms. The summed E-state index contributed by atoms with van der Waals surface area (Å²) >= 11 is 0. The second-order valence-electron chi connectivity index (χ2n) is 6.22. The van der Waals surface area contributed by atoms with Crippen molar-refractivity contribution >= 4 is 11.6 Å². The zero-order chi connectivity index (χ0) is 18.7. The molecule has 0 radical (unpaired) electrons. The number of pyridine rings is 1. The number of methoxy groups -OCH3 is 1. The molecule has 3 rings (SSSR count). The zero-order valence-corrected chi connectivity index (χ0v) is 14.7. The molecular weight excluding hydrogens is 334 g/mol. The van der Waals surface area contributed by atoms with Crippen LogP contribution >= 0.6 is 0 Å². The minimum absolute atomic E-state index is 0.0418. The first kappa shape index (κ1) is 17.7. The maximum Gasteiger partial charge on any atom is 0.271 e. The molecule has 1 atom stereocenters. The number of hydrogen-bond donors (Lipinski definition) is 2. The van der Waals surface area contributed by atoms with Crippen LogP contribution in [-0.2, 0) is 4.79 Å². The largest absolute Gasteiger partial charge is 0.481 e. The minimum Gasteiger partial charge on any atom is -0.481 e. The summed E-state index contributed by atoms with van der Waals surface area (Å²) in [6.07, 6.45) is 4.33. The van der Waals surface area contributed by atoms with E-state index < -0.39 is 0 Å². The van der Waals surface area contributed by atoms with Crippen molar-refractivity contribution in [2.45, 2.75) is 13.0 Å². The molecule has 2 N–H and O–H groups in total. The van der Waals surface area contributed by atoms with Crippen LogP contribution in [0, 0.1) is 5.92 Å². The maximum absolute atomic E-state index is 12.2. The highest BCUT2D eigenvalue weighted by molar-refractivity contribution is 5.87. The quantitative estimate of drug-likeness (QED) is 0.757. The highest BCUT2D eigenvalue weighted by atomic mass is 16.5. The van der Waals surface area contributed by atoms with E-state index >= 15 is 0 Å².